The highest BCUT2D eigenvalue weighted by molar-refractivity contribution is 7.21. The fraction of sp³-hybridized carbons (Fsp3) is 0. The Morgan fingerprint density at radius 1 is 1.13 bits per heavy atom. The topological polar surface area (TPSA) is 47.2 Å². The lowest BCUT2D eigenvalue weighted by Gasteiger charge is -1.95. The van der Waals surface area contributed by atoms with Crippen LogP contribution in [0.3, 0.4) is 0 Å². The Hall–Kier alpha value is -2.57. The van der Waals surface area contributed by atoms with E-state index in [-0.39, 0.29) is 5.56 Å². The molecule has 0 spiro atoms. The Morgan fingerprint density at radius 2 is 2.00 bits per heavy atom. The van der Waals surface area contributed by atoms with Gasteiger partial charge in [-0.15, -0.1) is 22.7 Å². The molecule has 3 aromatic heterocycles. The molecule has 23 heavy (non-hydrogen) atoms. The van der Waals surface area contributed by atoms with Crippen molar-refractivity contribution in [3.05, 3.63) is 75.5 Å². The summed E-state index contributed by atoms with van der Waals surface area (Å²) in [4.78, 5) is 19.7. The van der Waals surface area contributed by atoms with Crippen molar-refractivity contribution in [3.8, 4) is 10.4 Å². The molecule has 0 bridgehead atoms. The Morgan fingerprint density at radius 3 is 2.78 bits per heavy atom. The second-order valence-corrected chi connectivity index (χ2v) is 6.86. The first-order valence-corrected chi connectivity index (χ1v) is 8.65. The van der Waals surface area contributed by atoms with E-state index in [1.165, 1.54) is 22.3 Å². The maximum absolute atomic E-state index is 12.6. The van der Waals surface area contributed by atoms with Crippen molar-refractivity contribution in [1.29, 1.82) is 0 Å². The van der Waals surface area contributed by atoms with Crippen molar-refractivity contribution in [3.63, 3.8) is 0 Å². The van der Waals surface area contributed by atoms with Crippen LogP contribution in [0.2, 0.25) is 0 Å². The maximum Gasteiger partial charge on any atom is 0.282 e. The van der Waals surface area contributed by atoms with E-state index in [0.717, 1.165) is 20.1 Å². The van der Waals surface area contributed by atoms with E-state index in [0.29, 0.717) is 5.39 Å². The van der Waals surface area contributed by atoms with Crippen molar-refractivity contribution < 1.29 is 0 Å². The molecule has 0 saturated heterocycles. The molecule has 0 fully saturated rings. The van der Waals surface area contributed by atoms with E-state index in [2.05, 4.69) is 10.1 Å². The lowest BCUT2D eigenvalue weighted by Crippen LogP contribution is -2.16. The minimum absolute atomic E-state index is 0.152. The number of hydrogen-bond donors (Lipinski definition) is 0. The van der Waals surface area contributed by atoms with Gasteiger partial charge in [0.05, 0.1) is 11.6 Å². The van der Waals surface area contributed by atoms with Crippen LogP contribution in [0.15, 0.2) is 70.1 Å². The van der Waals surface area contributed by atoms with Gasteiger partial charge >= 0.3 is 0 Å². The van der Waals surface area contributed by atoms with Crippen LogP contribution in [0, 0.1) is 0 Å². The van der Waals surface area contributed by atoms with Crippen LogP contribution >= 0.6 is 22.7 Å². The summed E-state index contributed by atoms with van der Waals surface area (Å²) in [5.74, 6) is 0. The van der Waals surface area contributed by atoms with Crippen molar-refractivity contribution in [2.45, 2.75) is 0 Å². The number of rotatable bonds is 3. The van der Waals surface area contributed by atoms with E-state index in [9.17, 15) is 4.79 Å². The van der Waals surface area contributed by atoms with Gasteiger partial charge in [0.1, 0.15) is 11.2 Å². The number of hydrogen-bond acceptors (Lipinski definition) is 5. The summed E-state index contributed by atoms with van der Waals surface area (Å²) in [6, 6.07) is 15.8. The summed E-state index contributed by atoms with van der Waals surface area (Å²) in [5, 5.41) is 6.78. The largest absolute Gasteiger partial charge is 0.282 e. The third-order valence-electron chi connectivity index (χ3n) is 3.35. The Kier molecular flexibility index (Phi) is 3.61. The molecule has 1 aromatic carbocycles. The molecule has 0 radical (unpaired) electrons. The summed E-state index contributed by atoms with van der Waals surface area (Å²) in [5.41, 5.74) is 0.935. The Labute approximate surface area is 140 Å². The molecule has 0 amide bonds. The molecule has 112 valence electrons. The van der Waals surface area contributed by atoms with Crippen LogP contribution in [-0.2, 0) is 0 Å². The van der Waals surface area contributed by atoms with Gasteiger partial charge in [-0.05, 0) is 23.1 Å². The second-order valence-electron chi connectivity index (χ2n) is 4.85. The number of aromatic nitrogens is 2. The van der Waals surface area contributed by atoms with Crippen molar-refractivity contribution in [2.24, 2.45) is 5.10 Å². The van der Waals surface area contributed by atoms with Crippen LogP contribution in [-0.4, -0.2) is 15.9 Å². The molecule has 0 aliphatic rings. The summed E-state index contributed by atoms with van der Waals surface area (Å²) in [6.07, 6.45) is 3.14. The minimum atomic E-state index is -0.152. The van der Waals surface area contributed by atoms with Crippen LogP contribution in [0.1, 0.15) is 4.88 Å². The predicted octanol–water partition coefficient (Wildman–Crippen LogP) is 4.07. The molecule has 0 unspecified atom stereocenters. The fourth-order valence-corrected chi connectivity index (χ4v) is 3.80. The van der Waals surface area contributed by atoms with Gasteiger partial charge < -0.3 is 0 Å². The molecule has 4 aromatic rings. The van der Waals surface area contributed by atoms with Gasteiger partial charge in [-0.25, -0.2) is 4.98 Å². The number of nitrogens with zero attached hydrogens (tertiary/aromatic N) is 3. The third kappa shape index (κ3) is 2.74. The zero-order valence-electron chi connectivity index (χ0n) is 11.9. The number of thiophene rings is 2. The highest BCUT2D eigenvalue weighted by Gasteiger charge is 2.09. The van der Waals surface area contributed by atoms with Crippen molar-refractivity contribution in [2.75, 3.05) is 0 Å². The third-order valence-corrected chi connectivity index (χ3v) is 5.25. The van der Waals surface area contributed by atoms with Gasteiger partial charge in [-0.1, -0.05) is 36.4 Å². The molecule has 4 nitrogen and oxygen atoms in total. The minimum Gasteiger partial charge on any atom is -0.267 e. The number of fused-ring (bicyclic) bond motifs is 1. The van der Waals surface area contributed by atoms with Gasteiger partial charge in [0.25, 0.3) is 5.56 Å². The molecule has 3 heterocycles. The van der Waals surface area contributed by atoms with Crippen LogP contribution in [0.25, 0.3) is 20.7 Å². The van der Waals surface area contributed by atoms with Crippen LogP contribution in [0.5, 0.6) is 0 Å². The molecule has 0 atom stereocenters. The lowest BCUT2D eigenvalue weighted by molar-refractivity contribution is 0.819. The molecular weight excluding hydrogens is 326 g/mol. The molecule has 0 N–H and O–H groups in total. The maximum atomic E-state index is 12.6. The summed E-state index contributed by atoms with van der Waals surface area (Å²) in [6.45, 7) is 0. The van der Waals surface area contributed by atoms with Gasteiger partial charge in [0.15, 0.2) is 0 Å². The van der Waals surface area contributed by atoms with Crippen LogP contribution in [0.4, 0.5) is 0 Å². The molecular formula is C17H11N3OS2. The molecule has 0 aliphatic heterocycles. The van der Waals surface area contributed by atoms with Crippen LogP contribution < -0.4 is 5.56 Å². The van der Waals surface area contributed by atoms with E-state index in [4.69, 9.17) is 0 Å². The first-order valence-electron chi connectivity index (χ1n) is 6.96. The summed E-state index contributed by atoms with van der Waals surface area (Å²) >= 11 is 3.08. The average molecular weight is 337 g/mol. The molecule has 0 aliphatic carbocycles. The summed E-state index contributed by atoms with van der Waals surface area (Å²) in [7, 11) is 0. The standard InChI is InChI=1S/C17H11N3OS2/c21-17-14-9-15(12-5-2-1-3-6-12)23-16(14)18-11-20(17)19-10-13-7-4-8-22-13/h1-11H. The van der Waals surface area contributed by atoms with Gasteiger partial charge in [0, 0.05) is 9.75 Å². The SMILES string of the molecule is O=c1c2cc(-c3ccccc3)sc2ncn1N=Cc1cccs1. The predicted molar refractivity (Wildman–Crippen MR) is 96.6 cm³/mol. The Bertz CT molecular complexity index is 1030. The smallest absolute Gasteiger partial charge is 0.267 e. The first-order chi connectivity index (χ1) is 11.3. The highest BCUT2D eigenvalue weighted by Crippen LogP contribution is 2.30. The Balaban J connectivity index is 1.78. The van der Waals surface area contributed by atoms with Gasteiger partial charge in [-0.3, -0.25) is 4.79 Å². The zero-order chi connectivity index (χ0) is 15.6. The quantitative estimate of drug-likeness (QED) is 0.529. The highest BCUT2D eigenvalue weighted by atomic mass is 32.1. The zero-order valence-corrected chi connectivity index (χ0v) is 13.6. The number of benzene rings is 1. The molecule has 6 heteroatoms. The molecule has 4 rings (SSSR count). The first kappa shape index (κ1) is 14.0. The fourth-order valence-electron chi connectivity index (χ4n) is 2.22. The van der Waals surface area contributed by atoms with E-state index < -0.39 is 0 Å². The monoisotopic (exact) mass is 337 g/mol. The van der Waals surface area contributed by atoms with Crippen molar-refractivity contribution in [1.82, 2.24) is 9.66 Å². The molecule has 0 saturated carbocycles. The normalized spacial score (nSPS) is 11.5. The summed E-state index contributed by atoms with van der Waals surface area (Å²) < 4.78 is 1.28. The van der Waals surface area contributed by atoms with Crippen molar-refractivity contribution >= 4 is 39.1 Å². The van der Waals surface area contributed by atoms with Gasteiger partial charge in [0.2, 0.25) is 0 Å². The van der Waals surface area contributed by atoms with E-state index in [1.807, 2.05) is 53.9 Å². The van der Waals surface area contributed by atoms with E-state index in [1.54, 1.807) is 17.6 Å². The van der Waals surface area contributed by atoms with E-state index >= 15 is 0 Å². The second kappa shape index (κ2) is 5.91. The lowest BCUT2D eigenvalue weighted by atomic mass is 10.2. The van der Waals surface area contributed by atoms with Gasteiger partial charge in [-0.2, -0.15) is 9.78 Å². The average Bonchev–Trinajstić information content (AvgIpc) is 3.25.